The number of pyridine rings is 2. The van der Waals surface area contributed by atoms with Gasteiger partial charge in [0.05, 0.1) is 63.5 Å². The van der Waals surface area contributed by atoms with Gasteiger partial charge >= 0.3 is 23.9 Å². The molecular weight excluding hydrogens is 1210 g/mol. The summed E-state index contributed by atoms with van der Waals surface area (Å²) in [5.74, 6) is -2.96. The molecule has 0 saturated carbocycles. The van der Waals surface area contributed by atoms with Crippen molar-refractivity contribution < 1.29 is 52.1 Å². The molecule has 506 valence electrons. The lowest BCUT2D eigenvalue weighted by Crippen LogP contribution is -2.36. The van der Waals surface area contributed by atoms with Crippen LogP contribution in [-0.2, 0) is 67.9 Å². The largest absolute Gasteiger partial charge is 0.460 e. The van der Waals surface area contributed by atoms with Crippen molar-refractivity contribution in [1.29, 1.82) is 0 Å². The van der Waals surface area contributed by atoms with E-state index >= 15 is 14.4 Å². The summed E-state index contributed by atoms with van der Waals surface area (Å²) in [6, 6.07) is 20.1. The van der Waals surface area contributed by atoms with Crippen LogP contribution in [0, 0.1) is 24.7 Å². The Morgan fingerprint density at radius 3 is 1.72 bits per heavy atom. The minimum Gasteiger partial charge on any atom is -0.460 e. The average Bonchev–Trinajstić information content (AvgIpc) is 1.56. The summed E-state index contributed by atoms with van der Waals surface area (Å²) in [5.41, 5.74) is 28.0. The molecule has 1 aromatic carbocycles. The monoisotopic (exact) mass is 1300 g/mol. The van der Waals surface area contributed by atoms with Crippen LogP contribution in [0.25, 0.3) is 44.4 Å². The highest BCUT2D eigenvalue weighted by Gasteiger charge is 2.44. The van der Waals surface area contributed by atoms with E-state index in [0.717, 1.165) is 53.4 Å². The number of esters is 4. The number of ether oxygens (including phenoxy) is 4. The molecule has 18 nitrogen and oxygen atoms in total. The first-order chi connectivity index (χ1) is 46.3. The van der Waals surface area contributed by atoms with Crippen molar-refractivity contribution in [3.63, 3.8) is 0 Å². The normalized spacial score (nSPS) is 14.5. The van der Waals surface area contributed by atoms with E-state index in [1.54, 1.807) is 25.1 Å². The Morgan fingerprint density at radius 2 is 1.16 bits per heavy atom. The van der Waals surface area contributed by atoms with Crippen LogP contribution >= 0.6 is 0 Å². The minimum absolute atomic E-state index is 0.0520. The molecule has 0 radical (unpaired) electrons. The Hall–Kier alpha value is -8.97. The predicted molar refractivity (Wildman–Crippen MR) is 375 cm³/mol. The summed E-state index contributed by atoms with van der Waals surface area (Å²) in [4.78, 5) is 91.8. The number of nitrogens with two attached hydrogens (primary N) is 3. The standard InChI is InChI=1S/C78H95N9O9/c1-10-59-52(7)61-43-65-69(77(91)95-46-57-27-35-86(36-28-57)39-33-80)70(76(90)94-45-56-22-20-55(21-23-56)26-32-79)66(83-65)44-62-53(8)60(24-25-67(88)93-41-31-51(6)19-13-18-50(5)17-12-16-49(4)15-11-14-48(2)3)73(84-62)71-72(78(92)96-47-58-29-37-87(38-30-58)40-34-81)75(89)68-54(9)63(85-74(68)71)42-64(59)82-61/h20-25,27-31,35-38,42-44,48-50,72H,10-19,26,32-34,39-41,45-47,79-81H2,1-9H3/p+2/b51-31+,61-43?,62-44?,63-42?,64-42?,65-43?,66-44?,73-71?. The second-order valence-corrected chi connectivity index (χ2v) is 26.4. The summed E-state index contributed by atoms with van der Waals surface area (Å²) in [5, 5.41) is 0. The molecule has 6 aromatic rings. The van der Waals surface area contributed by atoms with Crippen molar-refractivity contribution in [3.05, 3.63) is 188 Å². The SMILES string of the molecule is CCC1=C(C)c2cc3[nH]c(cc4nc(c5c6[nH]c(cc1n2)c(C)c6C(=O)C5C(=O)OCc1cc[n+](CCN)cc1)C(/C=C/C(=O)OC/C=C(\C)CCCC(C)CCCC(C)CCCC(C)C)=C4C)c(C(=O)OCc1ccc(CCN)cc1)c3C(=O)OCc1cc[n+](CCN)cc1. The minimum atomic E-state index is -1.51. The van der Waals surface area contributed by atoms with Crippen LogP contribution in [0.4, 0.5) is 0 Å². The van der Waals surface area contributed by atoms with Gasteiger partial charge in [-0.2, -0.15) is 0 Å². The summed E-state index contributed by atoms with van der Waals surface area (Å²) < 4.78 is 28.0. The van der Waals surface area contributed by atoms with E-state index in [9.17, 15) is 9.59 Å². The number of rotatable bonds is 32. The van der Waals surface area contributed by atoms with Crippen LogP contribution in [0.2, 0.25) is 0 Å². The first-order valence-corrected chi connectivity index (χ1v) is 34.2. The Kier molecular flexibility index (Phi) is 25.0. The fourth-order valence-electron chi connectivity index (χ4n) is 12.9. The lowest BCUT2D eigenvalue weighted by molar-refractivity contribution is -0.694. The van der Waals surface area contributed by atoms with Gasteiger partial charge in [-0.15, -0.1) is 0 Å². The highest BCUT2D eigenvalue weighted by atomic mass is 16.5. The number of hydrogen-bond acceptors (Lipinski definition) is 14. The van der Waals surface area contributed by atoms with E-state index in [1.165, 1.54) is 44.6 Å². The number of nitrogens with zero attached hydrogens (tertiary/aromatic N) is 4. The molecule has 96 heavy (non-hydrogen) atoms. The van der Waals surface area contributed by atoms with Crippen molar-refractivity contribution in [3.8, 4) is 0 Å². The summed E-state index contributed by atoms with van der Waals surface area (Å²) in [6.45, 7) is 21.1. The Morgan fingerprint density at radius 1 is 0.625 bits per heavy atom. The van der Waals surface area contributed by atoms with E-state index in [-0.39, 0.29) is 71.1 Å². The zero-order chi connectivity index (χ0) is 68.6. The van der Waals surface area contributed by atoms with Gasteiger partial charge in [0, 0.05) is 63.7 Å². The fourth-order valence-corrected chi connectivity index (χ4v) is 12.9. The molecule has 0 fully saturated rings. The van der Waals surface area contributed by atoms with Gasteiger partial charge in [-0.25, -0.2) is 33.5 Å². The lowest BCUT2D eigenvalue weighted by atomic mass is 9.91. The van der Waals surface area contributed by atoms with Crippen molar-refractivity contribution in [1.82, 2.24) is 19.9 Å². The van der Waals surface area contributed by atoms with Crippen molar-refractivity contribution in [2.24, 2.45) is 35.0 Å². The number of fused-ring (bicyclic) bond motifs is 8. The second kappa shape index (κ2) is 33.6. The van der Waals surface area contributed by atoms with Crippen molar-refractivity contribution >= 4 is 74.0 Å². The second-order valence-electron chi connectivity index (χ2n) is 26.4. The number of carbonyl (C=O) groups is 5. The zero-order valence-electron chi connectivity index (χ0n) is 57.5. The van der Waals surface area contributed by atoms with E-state index in [2.05, 4.69) is 44.6 Å². The maximum atomic E-state index is 15.3. The molecule has 2 aliphatic heterocycles. The smallest absolute Gasteiger partial charge is 0.341 e. The van der Waals surface area contributed by atoms with Crippen LogP contribution in [0.3, 0.4) is 0 Å². The lowest BCUT2D eigenvalue weighted by Gasteiger charge is -2.15. The summed E-state index contributed by atoms with van der Waals surface area (Å²) >= 11 is 0. The maximum absolute atomic E-state index is 15.3. The molecule has 5 aromatic heterocycles. The Bertz CT molecular complexity index is 4120. The highest BCUT2D eigenvalue weighted by molar-refractivity contribution is 6.25. The molecular formula is C78H97N9O9+2. The number of hydrogen-bond donors (Lipinski definition) is 5. The molecule has 9 rings (SSSR count). The van der Waals surface area contributed by atoms with E-state index in [1.807, 2.05) is 115 Å². The van der Waals surface area contributed by atoms with Gasteiger partial charge in [-0.1, -0.05) is 109 Å². The molecule has 0 amide bonds. The number of carbonyl (C=O) groups excluding carboxylic acids is 5. The maximum Gasteiger partial charge on any atom is 0.341 e. The van der Waals surface area contributed by atoms with E-state index in [0.29, 0.717) is 107 Å². The molecule has 0 saturated heterocycles. The molecule has 18 heteroatoms. The van der Waals surface area contributed by atoms with Gasteiger partial charge in [0.1, 0.15) is 32.3 Å². The number of allylic oxidation sites excluding steroid dienone is 6. The topological polar surface area (TPSA) is 265 Å². The van der Waals surface area contributed by atoms with Crippen LogP contribution in [-0.4, -0.2) is 75.8 Å². The Labute approximate surface area is 564 Å². The molecule has 8 bridgehead atoms. The number of H-pyrrole nitrogens is 2. The van der Waals surface area contributed by atoms with Crippen LogP contribution in [0.15, 0.2) is 115 Å². The molecule has 1 aliphatic carbocycles. The first-order valence-electron chi connectivity index (χ1n) is 34.2. The quantitative estimate of drug-likeness (QED) is 0.00657. The van der Waals surface area contributed by atoms with E-state index < -0.39 is 35.6 Å². The summed E-state index contributed by atoms with van der Waals surface area (Å²) in [6.07, 6.45) is 24.2. The zero-order valence-corrected chi connectivity index (χ0v) is 57.5. The number of ketones is 1. The molecule has 7 heterocycles. The number of aromatic amines is 2. The molecule has 8 N–H and O–H groups in total. The number of nitrogens with one attached hydrogen (secondary N) is 2. The molecule has 3 aliphatic rings. The molecule has 0 spiro atoms. The van der Waals surface area contributed by atoms with Crippen molar-refractivity contribution in [2.45, 2.75) is 172 Å². The van der Waals surface area contributed by atoms with Gasteiger partial charge < -0.3 is 46.1 Å². The van der Waals surface area contributed by atoms with E-state index in [4.69, 9.17) is 46.1 Å². The highest BCUT2D eigenvalue weighted by Crippen LogP contribution is 2.45. The van der Waals surface area contributed by atoms with Crippen LogP contribution in [0.1, 0.15) is 213 Å². The Balaban J connectivity index is 1.14. The number of Topliss-reactive ketones (excluding diaryl/α,β-unsaturated/α-hetero) is 1. The number of aromatic nitrogens is 6. The third-order valence-corrected chi connectivity index (χ3v) is 18.6. The molecule has 3 atom stereocenters. The van der Waals surface area contributed by atoms with Crippen LogP contribution < -0.4 is 26.3 Å². The fraction of sp³-hybridized carbons (Fsp3) is 0.423. The number of benzene rings is 1. The van der Waals surface area contributed by atoms with Crippen LogP contribution in [0.5, 0.6) is 0 Å². The van der Waals surface area contributed by atoms with Gasteiger partial charge in [0.2, 0.25) is 0 Å². The van der Waals surface area contributed by atoms with Gasteiger partial charge in [0.25, 0.3) is 0 Å². The average molecular weight is 1300 g/mol. The number of aryl methyl sites for hydroxylation is 1. The van der Waals surface area contributed by atoms with Gasteiger partial charge in [-0.3, -0.25) is 9.59 Å². The van der Waals surface area contributed by atoms with Gasteiger partial charge in [0.15, 0.2) is 43.7 Å². The third kappa shape index (κ3) is 17.7. The summed E-state index contributed by atoms with van der Waals surface area (Å²) in [7, 11) is 0. The third-order valence-electron chi connectivity index (χ3n) is 18.6. The first kappa shape index (κ1) is 71.3. The molecule has 3 unspecified atom stereocenters. The van der Waals surface area contributed by atoms with Crippen molar-refractivity contribution in [2.75, 3.05) is 26.2 Å². The van der Waals surface area contributed by atoms with Gasteiger partial charge in [-0.05, 0) is 141 Å². The predicted octanol–water partition coefficient (Wildman–Crippen LogP) is 13.1.